The van der Waals surface area contributed by atoms with Gasteiger partial charge in [0.05, 0.1) is 0 Å². The van der Waals surface area contributed by atoms with Crippen LogP contribution >= 0.6 is 0 Å². The zero-order valence-corrected chi connectivity index (χ0v) is 14.8. The fourth-order valence-electron chi connectivity index (χ4n) is 4.32. The quantitative estimate of drug-likeness (QED) is 0.813. The second kappa shape index (κ2) is 8.50. The highest BCUT2D eigenvalue weighted by Crippen LogP contribution is 2.30. The first-order valence-electron chi connectivity index (χ1n) is 9.22. The van der Waals surface area contributed by atoms with Crippen LogP contribution < -0.4 is 5.32 Å². The molecule has 1 aliphatic carbocycles. The van der Waals surface area contributed by atoms with E-state index < -0.39 is 0 Å². The van der Waals surface area contributed by atoms with Gasteiger partial charge in [0.15, 0.2) is 0 Å². The van der Waals surface area contributed by atoms with Crippen molar-refractivity contribution < 1.29 is 0 Å². The molecule has 3 nitrogen and oxygen atoms in total. The first-order chi connectivity index (χ1) is 10.1. The lowest BCUT2D eigenvalue weighted by atomic mass is 9.78. The molecule has 4 unspecified atom stereocenters. The average molecular weight is 296 g/mol. The first kappa shape index (κ1) is 17.2. The van der Waals surface area contributed by atoms with Crippen molar-refractivity contribution in [1.82, 2.24) is 15.1 Å². The summed E-state index contributed by atoms with van der Waals surface area (Å²) in [7, 11) is 4.63. The lowest BCUT2D eigenvalue weighted by molar-refractivity contribution is 0.0928. The van der Waals surface area contributed by atoms with Crippen LogP contribution in [0.15, 0.2) is 0 Å². The van der Waals surface area contributed by atoms with Gasteiger partial charge in [0.2, 0.25) is 0 Å². The van der Waals surface area contributed by atoms with Crippen LogP contribution in [0.2, 0.25) is 0 Å². The molecule has 1 aliphatic heterocycles. The minimum atomic E-state index is 0.755. The lowest BCUT2D eigenvalue weighted by Crippen LogP contribution is -2.50. The molecule has 4 atom stereocenters. The van der Waals surface area contributed by atoms with E-state index in [1.807, 2.05) is 0 Å². The second-order valence-corrected chi connectivity index (χ2v) is 7.74. The number of likely N-dealkylation sites (N-methyl/N-ethyl adjacent to an activating group) is 2. The average Bonchev–Trinajstić information content (AvgIpc) is 2.46. The van der Waals surface area contributed by atoms with E-state index in [-0.39, 0.29) is 0 Å². The monoisotopic (exact) mass is 295 g/mol. The maximum atomic E-state index is 3.82. The maximum absolute atomic E-state index is 3.82. The summed E-state index contributed by atoms with van der Waals surface area (Å²) in [6, 6.07) is 1.53. The number of piperidine rings is 1. The van der Waals surface area contributed by atoms with Crippen molar-refractivity contribution in [2.75, 3.05) is 40.3 Å². The molecular weight excluding hydrogens is 258 g/mol. The third kappa shape index (κ3) is 5.22. The van der Waals surface area contributed by atoms with Gasteiger partial charge in [-0.25, -0.2) is 0 Å². The Morgan fingerprint density at radius 3 is 2.76 bits per heavy atom. The Bertz CT molecular complexity index is 292. The maximum Gasteiger partial charge on any atom is 0.0220 e. The van der Waals surface area contributed by atoms with E-state index in [4.69, 9.17) is 0 Å². The van der Waals surface area contributed by atoms with E-state index in [2.05, 4.69) is 43.1 Å². The van der Waals surface area contributed by atoms with Crippen LogP contribution in [0.1, 0.15) is 52.4 Å². The number of hydrogen-bond acceptors (Lipinski definition) is 3. The third-order valence-corrected chi connectivity index (χ3v) is 5.65. The molecule has 21 heavy (non-hydrogen) atoms. The van der Waals surface area contributed by atoms with Gasteiger partial charge in [-0.05, 0) is 77.5 Å². The predicted molar refractivity (Wildman–Crippen MR) is 91.7 cm³/mol. The van der Waals surface area contributed by atoms with E-state index in [0.717, 1.165) is 23.9 Å². The van der Waals surface area contributed by atoms with Crippen molar-refractivity contribution in [3.8, 4) is 0 Å². The molecule has 0 aromatic carbocycles. The third-order valence-electron chi connectivity index (χ3n) is 5.65. The number of nitrogens with one attached hydrogen (secondary N) is 1. The molecule has 3 heteroatoms. The Balaban J connectivity index is 1.87. The van der Waals surface area contributed by atoms with Crippen LogP contribution in [-0.2, 0) is 0 Å². The van der Waals surface area contributed by atoms with Gasteiger partial charge in [0.25, 0.3) is 0 Å². The molecule has 1 saturated heterocycles. The summed E-state index contributed by atoms with van der Waals surface area (Å²) in [5.41, 5.74) is 0. The summed E-state index contributed by atoms with van der Waals surface area (Å²) >= 11 is 0. The van der Waals surface area contributed by atoms with Crippen molar-refractivity contribution >= 4 is 0 Å². The molecule has 0 radical (unpaired) electrons. The highest BCUT2D eigenvalue weighted by atomic mass is 15.2. The second-order valence-electron chi connectivity index (χ2n) is 7.74. The molecule has 0 bridgehead atoms. The van der Waals surface area contributed by atoms with Crippen molar-refractivity contribution in [2.24, 2.45) is 11.8 Å². The molecule has 2 fully saturated rings. The van der Waals surface area contributed by atoms with Crippen LogP contribution in [0.5, 0.6) is 0 Å². The lowest BCUT2D eigenvalue weighted by Gasteiger charge is -2.41. The van der Waals surface area contributed by atoms with Gasteiger partial charge in [-0.2, -0.15) is 0 Å². The summed E-state index contributed by atoms with van der Waals surface area (Å²) in [5.74, 6) is 1.76. The van der Waals surface area contributed by atoms with E-state index in [9.17, 15) is 0 Å². The predicted octanol–water partition coefficient (Wildman–Crippen LogP) is 2.82. The zero-order chi connectivity index (χ0) is 15.2. The first-order valence-corrected chi connectivity index (χ1v) is 9.22. The van der Waals surface area contributed by atoms with E-state index >= 15 is 0 Å². The summed E-state index contributed by atoms with van der Waals surface area (Å²) < 4.78 is 0. The zero-order valence-electron chi connectivity index (χ0n) is 14.8. The summed E-state index contributed by atoms with van der Waals surface area (Å²) in [5, 5.41) is 3.82. The minimum Gasteiger partial charge on any atom is -0.314 e. The number of nitrogens with zero attached hydrogens (tertiary/aromatic N) is 2. The SMILES string of the molecule is CCCNC1CCC(C)CC1CN(C)C1CCCN(C)C1. The Labute approximate surface area is 132 Å². The molecule has 0 amide bonds. The van der Waals surface area contributed by atoms with Crippen LogP contribution in [0.4, 0.5) is 0 Å². The Kier molecular flexibility index (Phi) is 6.97. The van der Waals surface area contributed by atoms with Crippen LogP contribution in [0.3, 0.4) is 0 Å². The molecule has 1 saturated carbocycles. The summed E-state index contributed by atoms with van der Waals surface area (Å²) in [4.78, 5) is 5.17. The molecule has 0 spiro atoms. The van der Waals surface area contributed by atoms with Crippen LogP contribution in [0, 0.1) is 11.8 Å². The largest absolute Gasteiger partial charge is 0.314 e. The van der Waals surface area contributed by atoms with E-state index in [1.54, 1.807) is 0 Å². The molecule has 2 aliphatic rings. The molecule has 1 N–H and O–H groups in total. The smallest absolute Gasteiger partial charge is 0.0220 e. The number of hydrogen-bond donors (Lipinski definition) is 1. The molecule has 0 aromatic heterocycles. The minimum absolute atomic E-state index is 0.755. The Hall–Kier alpha value is -0.120. The highest BCUT2D eigenvalue weighted by molar-refractivity contribution is 4.87. The number of rotatable bonds is 6. The van der Waals surface area contributed by atoms with Gasteiger partial charge < -0.3 is 15.1 Å². The van der Waals surface area contributed by atoms with Crippen molar-refractivity contribution in [3.05, 3.63) is 0 Å². The summed E-state index contributed by atoms with van der Waals surface area (Å²) in [6.07, 6.45) is 8.20. The normalized spacial score (nSPS) is 35.3. The van der Waals surface area contributed by atoms with Gasteiger partial charge in [0, 0.05) is 25.2 Å². The molecule has 124 valence electrons. The topological polar surface area (TPSA) is 18.5 Å². The van der Waals surface area contributed by atoms with Crippen LogP contribution in [-0.4, -0.2) is 62.2 Å². The Morgan fingerprint density at radius 2 is 2.05 bits per heavy atom. The van der Waals surface area contributed by atoms with Crippen LogP contribution in [0.25, 0.3) is 0 Å². The van der Waals surface area contributed by atoms with Gasteiger partial charge in [0.1, 0.15) is 0 Å². The molecule has 0 aromatic rings. The molecule has 1 heterocycles. The van der Waals surface area contributed by atoms with Gasteiger partial charge in [-0.1, -0.05) is 13.8 Å². The fourth-order valence-corrected chi connectivity index (χ4v) is 4.32. The highest BCUT2D eigenvalue weighted by Gasteiger charge is 2.31. The van der Waals surface area contributed by atoms with E-state index in [1.165, 1.54) is 64.7 Å². The standard InChI is InChI=1S/C18H37N3/c1-5-10-19-18-9-8-15(2)12-16(18)13-21(4)17-7-6-11-20(3)14-17/h15-19H,5-14H2,1-4H3. The summed E-state index contributed by atoms with van der Waals surface area (Å²) in [6.45, 7) is 9.72. The van der Waals surface area contributed by atoms with E-state index in [0.29, 0.717) is 0 Å². The fraction of sp³-hybridized carbons (Fsp3) is 1.00. The van der Waals surface area contributed by atoms with Crippen molar-refractivity contribution in [2.45, 2.75) is 64.5 Å². The molecule has 2 rings (SSSR count). The Morgan fingerprint density at radius 1 is 1.24 bits per heavy atom. The van der Waals surface area contributed by atoms with Crippen molar-refractivity contribution in [1.29, 1.82) is 0 Å². The van der Waals surface area contributed by atoms with Gasteiger partial charge >= 0.3 is 0 Å². The van der Waals surface area contributed by atoms with Gasteiger partial charge in [-0.15, -0.1) is 0 Å². The van der Waals surface area contributed by atoms with Crippen molar-refractivity contribution in [3.63, 3.8) is 0 Å². The van der Waals surface area contributed by atoms with Gasteiger partial charge in [-0.3, -0.25) is 0 Å². The molecular formula is C18H37N3. The number of likely N-dealkylation sites (tertiary alicyclic amines) is 1.